The summed E-state index contributed by atoms with van der Waals surface area (Å²) in [6.07, 6.45) is -0.851. The molecule has 0 bridgehead atoms. The Kier molecular flexibility index (Phi) is 6.54. The number of anilines is 1. The minimum atomic E-state index is -0.851. The topological polar surface area (TPSA) is 103 Å². The zero-order chi connectivity index (χ0) is 17.8. The summed E-state index contributed by atoms with van der Waals surface area (Å²) in [6.45, 7) is 2.12. The third kappa shape index (κ3) is 4.71. The lowest BCUT2D eigenvalue weighted by Crippen LogP contribution is -2.35. The molecule has 0 saturated carbocycles. The maximum atomic E-state index is 12.2. The zero-order valence-corrected chi connectivity index (χ0v) is 15.0. The van der Waals surface area contributed by atoms with Crippen LogP contribution >= 0.6 is 12.4 Å². The van der Waals surface area contributed by atoms with Crippen molar-refractivity contribution in [1.82, 2.24) is 5.32 Å². The molecule has 0 fully saturated rings. The van der Waals surface area contributed by atoms with E-state index in [9.17, 15) is 9.90 Å². The average molecular weight is 381 g/mol. The summed E-state index contributed by atoms with van der Waals surface area (Å²) >= 11 is 0. The maximum Gasteiger partial charge on any atom is 0.251 e. The molecule has 0 aliphatic carbocycles. The van der Waals surface area contributed by atoms with Crippen LogP contribution in [0.25, 0.3) is 0 Å². The van der Waals surface area contributed by atoms with Crippen molar-refractivity contribution in [3.63, 3.8) is 0 Å². The molecule has 7 nitrogen and oxygen atoms in total. The van der Waals surface area contributed by atoms with E-state index in [2.05, 4.69) is 5.32 Å². The van der Waals surface area contributed by atoms with Crippen LogP contribution in [0.2, 0.25) is 0 Å². The molecule has 3 rings (SSSR count). The number of hydrogen-bond donors (Lipinski definition) is 3. The molecule has 1 aliphatic heterocycles. The number of carbonyl (C=O) groups excluding carboxylic acids is 1. The van der Waals surface area contributed by atoms with Crippen LogP contribution in [0, 0.1) is 6.92 Å². The molecule has 0 saturated heterocycles. The van der Waals surface area contributed by atoms with Crippen LogP contribution < -0.4 is 25.3 Å². The van der Waals surface area contributed by atoms with E-state index in [0.717, 1.165) is 5.56 Å². The largest absolute Gasteiger partial charge is 0.491 e. The van der Waals surface area contributed by atoms with Crippen LogP contribution in [0.4, 0.5) is 5.69 Å². The van der Waals surface area contributed by atoms with E-state index < -0.39 is 6.10 Å². The van der Waals surface area contributed by atoms with Gasteiger partial charge in [-0.1, -0.05) is 6.07 Å². The highest BCUT2D eigenvalue weighted by atomic mass is 35.5. The predicted octanol–water partition coefficient (Wildman–Crippen LogP) is 1.90. The standard InChI is InChI=1S/C18H20N2O5.ClH/c1-11-2-3-12(19)6-15(11)18(22)20-8-13(21)9-23-14-4-5-16-17(7-14)25-10-24-16;/h2-7,13,21H,8-10,19H2,1H3,(H,20,22);1H. The van der Waals surface area contributed by atoms with Gasteiger partial charge in [0.1, 0.15) is 18.5 Å². The van der Waals surface area contributed by atoms with Crippen LogP contribution in [0.1, 0.15) is 15.9 Å². The van der Waals surface area contributed by atoms with Crippen molar-refractivity contribution >= 4 is 24.0 Å². The number of carbonyl (C=O) groups is 1. The second-order valence-electron chi connectivity index (χ2n) is 5.76. The smallest absolute Gasteiger partial charge is 0.251 e. The van der Waals surface area contributed by atoms with Crippen molar-refractivity contribution < 1.29 is 24.1 Å². The number of nitrogens with one attached hydrogen (secondary N) is 1. The van der Waals surface area contributed by atoms with Crippen molar-refractivity contribution in [2.24, 2.45) is 0 Å². The molecule has 1 atom stereocenters. The van der Waals surface area contributed by atoms with Crippen LogP contribution in [-0.4, -0.2) is 37.1 Å². The van der Waals surface area contributed by atoms with Gasteiger partial charge < -0.3 is 30.4 Å². The monoisotopic (exact) mass is 380 g/mol. The van der Waals surface area contributed by atoms with Crippen molar-refractivity contribution in [2.45, 2.75) is 13.0 Å². The lowest BCUT2D eigenvalue weighted by atomic mass is 10.1. The van der Waals surface area contributed by atoms with Gasteiger partial charge in [-0.25, -0.2) is 0 Å². The molecule has 1 aliphatic rings. The van der Waals surface area contributed by atoms with Crippen molar-refractivity contribution in [3.8, 4) is 17.2 Å². The molecule has 140 valence electrons. The normalized spacial score (nSPS) is 12.8. The molecule has 0 spiro atoms. The highest BCUT2D eigenvalue weighted by Gasteiger charge is 2.15. The third-order valence-electron chi connectivity index (χ3n) is 3.79. The Labute approximate surface area is 157 Å². The number of nitrogens with two attached hydrogens (primary N) is 1. The average Bonchev–Trinajstić information content (AvgIpc) is 3.07. The molecule has 2 aromatic carbocycles. The molecule has 1 amide bonds. The molecule has 8 heteroatoms. The summed E-state index contributed by atoms with van der Waals surface area (Å²) in [5.41, 5.74) is 7.53. The molecule has 1 unspecified atom stereocenters. The number of halogens is 1. The SMILES string of the molecule is Cc1ccc(N)cc1C(=O)NCC(O)COc1ccc2c(c1)OCO2.Cl. The lowest BCUT2D eigenvalue weighted by molar-refractivity contribution is 0.0843. The van der Waals surface area contributed by atoms with Gasteiger partial charge in [0, 0.05) is 23.9 Å². The number of rotatable bonds is 6. The Bertz CT molecular complexity index is 784. The molecule has 0 radical (unpaired) electrons. The first-order valence-corrected chi connectivity index (χ1v) is 7.88. The fraction of sp³-hybridized carbons (Fsp3) is 0.278. The zero-order valence-electron chi connectivity index (χ0n) is 14.2. The van der Waals surface area contributed by atoms with Gasteiger partial charge in [0.25, 0.3) is 5.91 Å². The second-order valence-corrected chi connectivity index (χ2v) is 5.76. The minimum absolute atomic E-state index is 0. The Hall–Kier alpha value is -2.64. The Balaban J connectivity index is 0.00000243. The molecule has 0 aromatic heterocycles. The van der Waals surface area contributed by atoms with Gasteiger partial charge in [-0.05, 0) is 36.8 Å². The summed E-state index contributed by atoms with van der Waals surface area (Å²) in [4.78, 5) is 12.2. The van der Waals surface area contributed by atoms with Gasteiger partial charge in [-0.15, -0.1) is 12.4 Å². The van der Waals surface area contributed by atoms with E-state index in [-0.39, 0.29) is 38.3 Å². The molecular weight excluding hydrogens is 360 g/mol. The lowest BCUT2D eigenvalue weighted by Gasteiger charge is -2.14. The van der Waals surface area contributed by atoms with Crippen LogP contribution in [0.3, 0.4) is 0 Å². The first kappa shape index (κ1) is 19.7. The molecular formula is C18H21ClN2O5. The van der Waals surface area contributed by atoms with E-state index >= 15 is 0 Å². The second kappa shape index (κ2) is 8.64. The van der Waals surface area contributed by atoms with E-state index in [4.69, 9.17) is 19.9 Å². The van der Waals surface area contributed by atoms with E-state index in [1.165, 1.54) is 0 Å². The molecule has 2 aromatic rings. The number of hydrogen-bond acceptors (Lipinski definition) is 6. The summed E-state index contributed by atoms with van der Waals surface area (Å²) in [6, 6.07) is 10.3. The van der Waals surface area contributed by atoms with Crippen molar-refractivity contribution in [3.05, 3.63) is 47.5 Å². The highest BCUT2D eigenvalue weighted by Crippen LogP contribution is 2.35. The Morgan fingerprint density at radius 2 is 2.04 bits per heavy atom. The van der Waals surface area contributed by atoms with E-state index in [1.807, 2.05) is 6.92 Å². The number of nitrogen functional groups attached to an aromatic ring is 1. The number of benzene rings is 2. The fourth-order valence-corrected chi connectivity index (χ4v) is 2.41. The minimum Gasteiger partial charge on any atom is -0.491 e. The number of ether oxygens (including phenoxy) is 3. The van der Waals surface area contributed by atoms with E-state index in [1.54, 1.807) is 36.4 Å². The fourth-order valence-electron chi connectivity index (χ4n) is 2.41. The molecule has 26 heavy (non-hydrogen) atoms. The molecule has 1 heterocycles. The molecule has 4 N–H and O–H groups in total. The summed E-state index contributed by atoms with van der Waals surface area (Å²) in [5, 5.41) is 12.7. The maximum absolute atomic E-state index is 12.2. The van der Waals surface area contributed by atoms with Gasteiger partial charge in [0.05, 0.1) is 0 Å². The van der Waals surface area contributed by atoms with Crippen molar-refractivity contribution in [1.29, 1.82) is 0 Å². The summed E-state index contributed by atoms with van der Waals surface area (Å²) in [7, 11) is 0. The number of aliphatic hydroxyl groups is 1. The summed E-state index contributed by atoms with van der Waals surface area (Å²) < 4.78 is 16.0. The predicted molar refractivity (Wildman–Crippen MR) is 99.2 cm³/mol. The van der Waals surface area contributed by atoms with Gasteiger partial charge in [-0.3, -0.25) is 4.79 Å². The van der Waals surface area contributed by atoms with Crippen molar-refractivity contribution in [2.75, 3.05) is 25.7 Å². The quantitative estimate of drug-likeness (QED) is 0.661. The third-order valence-corrected chi connectivity index (χ3v) is 3.79. The van der Waals surface area contributed by atoms with E-state index in [0.29, 0.717) is 28.5 Å². The van der Waals surface area contributed by atoms with Crippen LogP contribution in [-0.2, 0) is 0 Å². The number of fused-ring (bicyclic) bond motifs is 1. The number of aryl methyl sites for hydroxylation is 1. The highest BCUT2D eigenvalue weighted by molar-refractivity contribution is 5.96. The van der Waals surface area contributed by atoms with Gasteiger partial charge >= 0.3 is 0 Å². The van der Waals surface area contributed by atoms with Gasteiger partial charge in [0.15, 0.2) is 11.5 Å². The first-order chi connectivity index (χ1) is 12.0. The Morgan fingerprint density at radius 1 is 1.27 bits per heavy atom. The number of amides is 1. The van der Waals surface area contributed by atoms with Crippen LogP contribution in [0.15, 0.2) is 36.4 Å². The number of aliphatic hydroxyl groups excluding tert-OH is 1. The first-order valence-electron chi connectivity index (χ1n) is 7.88. The summed E-state index contributed by atoms with van der Waals surface area (Å²) in [5.74, 6) is 1.54. The Morgan fingerprint density at radius 3 is 2.85 bits per heavy atom. The van der Waals surface area contributed by atoms with Gasteiger partial charge in [0.2, 0.25) is 6.79 Å². The van der Waals surface area contributed by atoms with Gasteiger partial charge in [-0.2, -0.15) is 0 Å². The van der Waals surface area contributed by atoms with Crippen LogP contribution in [0.5, 0.6) is 17.2 Å².